The van der Waals surface area contributed by atoms with Crippen molar-refractivity contribution in [3.63, 3.8) is 0 Å². The van der Waals surface area contributed by atoms with E-state index in [4.69, 9.17) is 17.3 Å². The van der Waals surface area contributed by atoms with E-state index in [2.05, 4.69) is 19.9 Å². The number of rotatable bonds is 2. The summed E-state index contributed by atoms with van der Waals surface area (Å²) in [5, 5.41) is 0.325. The van der Waals surface area contributed by atoms with Crippen LogP contribution in [0.15, 0.2) is 12.3 Å². The van der Waals surface area contributed by atoms with E-state index in [-0.39, 0.29) is 11.9 Å². The number of nitrogens with one attached hydrogen (secondary N) is 1. The Bertz CT molecular complexity index is 872. The number of anilines is 1. The van der Waals surface area contributed by atoms with Gasteiger partial charge in [0.15, 0.2) is 5.82 Å². The van der Waals surface area contributed by atoms with Gasteiger partial charge in [0.25, 0.3) is 0 Å². The zero-order chi connectivity index (χ0) is 16.0. The van der Waals surface area contributed by atoms with Crippen LogP contribution in [0.2, 0.25) is 5.02 Å². The number of benzene rings is 1. The molecule has 0 bridgehead atoms. The van der Waals surface area contributed by atoms with Gasteiger partial charge in [-0.05, 0) is 24.5 Å². The molecule has 0 atom stereocenters. The van der Waals surface area contributed by atoms with Crippen LogP contribution in [-0.2, 0) is 0 Å². The smallest absolute Gasteiger partial charge is 0.220 e. The van der Waals surface area contributed by atoms with Gasteiger partial charge in [-0.15, -0.1) is 0 Å². The summed E-state index contributed by atoms with van der Waals surface area (Å²) in [6.07, 6.45) is 1.42. The van der Waals surface area contributed by atoms with Crippen molar-refractivity contribution in [3.05, 3.63) is 34.5 Å². The zero-order valence-electron chi connectivity index (χ0n) is 12.4. The number of imidazole rings is 1. The van der Waals surface area contributed by atoms with E-state index in [9.17, 15) is 4.39 Å². The Balaban J connectivity index is 2.43. The molecular weight excluding hydrogens is 305 g/mol. The molecule has 0 unspecified atom stereocenters. The number of halogens is 2. The van der Waals surface area contributed by atoms with Crippen LogP contribution in [0.1, 0.15) is 31.2 Å². The minimum Gasteiger partial charge on any atom is -0.368 e. The van der Waals surface area contributed by atoms with E-state index in [1.807, 2.05) is 13.8 Å². The molecule has 0 aliphatic heterocycles. The van der Waals surface area contributed by atoms with Crippen LogP contribution in [0, 0.1) is 12.7 Å². The summed E-state index contributed by atoms with van der Waals surface area (Å²) in [5.41, 5.74) is 8.56. The Morgan fingerprint density at radius 1 is 1.32 bits per heavy atom. The summed E-state index contributed by atoms with van der Waals surface area (Å²) in [6, 6.07) is 1.41. The van der Waals surface area contributed by atoms with Crippen molar-refractivity contribution >= 4 is 28.6 Å². The quantitative estimate of drug-likeness (QED) is 0.752. The lowest BCUT2D eigenvalue weighted by molar-refractivity contribution is 0.636. The maximum atomic E-state index is 14.4. The predicted molar refractivity (Wildman–Crippen MR) is 85.3 cm³/mol. The predicted octanol–water partition coefficient (Wildman–Crippen LogP) is 3.83. The Labute approximate surface area is 131 Å². The van der Waals surface area contributed by atoms with Crippen LogP contribution in [0.4, 0.5) is 10.3 Å². The number of aromatic nitrogens is 4. The molecule has 0 aliphatic rings. The van der Waals surface area contributed by atoms with E-state index in [1.54, 1.807) is 6.92 Å². The third-order valence-corrected chi connectivity index (χ3v) is 3.75. The molecule has 2 heterocycles. The van der Waals surface area contributed by atoms with Crippen LogP contribution < -0.4 is 5.73 Å². The third-order valence-electron chi connectivity index (χ3n) is 3.47. The highest BCUT2D eigenvalue weighted by molar-refractivity contribution is 6.33. The van der Waals surface area contributed by atoms with Gasteiger partial charge >= 0.3 is 0 Å². The molecule has 0 amide bonds. The number of fused-ring (bicyclic) bond motifs is 1. The first-order valence-corrected chi connectivity index (χ1v) is 7.23. The number of H-pyrrole nitrogens is 1. The second kappa shape index (κ2) is 5.21. The Hall–Kier alpha value is -2.21. The highest BCUT2D eigenvalue weighted by Gasteiger charge is 2.21. The molecule has 2 aromatic heterocycles. The Morgan fingerprint density at radius 3 is 2.73 bits per heavy atom. The lowest BCUT2D eigenvalue weighted by Gasteiger charge is -2.15. The number of hydrogen-bond donors (Lipinski definition) is 2. The van der Waals surface area contributed by atoms with E-state index in [1.165, 1.54) is 12.3 Å². The molecule has 3 rings (SSSR count). The SMILES string of the molecule is Cc1nc2c(F)cc(-c3nc(N)ncc3Cl)c(C(C)C)c2[nH]1. The molecule has 0 saturated carbocycles. The topological polar surface area (TPSA) is 80.5 Å². The fraction of sp³-hybridized carbons (Fsp3) is 0.267. The van der Waals surface area contributed by atoms with Crippen LogP contribution in [0.5, 0.6) is 0 Å². The summed E-state index contributed by atoms with van der Waals surface area (Å²) in [7, 11) is 0. The first kappa shape index (κ1) is 14.7. The van der Waals surface area contributed by atoms with Crippen molar-refractivity contribution in [3.8, 4) is 11.3 Å². The molecule has 1 aromatic carbocycles. The Kier molecular flexibility index (Phi) is 3.48. The molecule has 0 fully saturated rings. The molecule has 0 aliphatic carbocycles. The maximum absolute atomic E-state index is 14.4. The van der Waals surface area contributed by atoms with Crippen LogP contribution in [-0.4, -0.2) is 19.9 Å². The van der Waals surface area contributed by atoms with E-state index < -0.39 is 5.82 Å². The minimum absolute atomic E-state index is 0.0930. The first-order valence-electron chi connectivity index (χ1n) is 6.85. The highest BCUT2D eigenvalue weighted by atomic mass is 35.5. The van der Waals surface area contributed by atoms with Crippen molar-refractivity contribution < 1.29 is 4.39 Å². The normalized spacial score (nSPS) is 11.5. The van der Waals surface area contributed by atoms with Crippen molar-refractivity contribution in [2.45, 2.75) is 26.7 Å². The number of aromatic amines is 1. The van der Waals surface area contributed by atoms with E-state index >= 15 is 0 Å². The van der Waals surface area contributed by atoms with Crippen LogP contribution >= 0.6 is 11.6 Å². The van der Waals surface area contributed by atoms with Gasteiger partial charge in [0.2, 0.25) is 5.95 Å². The fourth-order valence-corrected chi connectivity index (χ4v) is 2.82. The number of nitrogens with two attached hydrogens (primary N) is 1. The standard InChI is InChI=1S/C15H15ClFN5/c1-6(2)11-8(12-9(16)5-19-15(18)22-12)4-10(17)13-14(11)21-7(3)20-13/h4-6H,1-3H3,(H,20,21)(H2,18,19,22). The van der Waals surface area contributed by atoms with Gasteiger partial charge < -0.3 is 10.7 Å². The minimum atomic E-state index is -0.424. The summed E-state index contributed by atoms with van der Waals surface area (Å²) in [5.74, 6) is 0.439. The summed E-state index contributed by atoms with van der Waals surface area (Å²) in [6.45, 7) is 5.83. The van der Waals surface area contributed by atoms with Gasteiger partial charge in [0, 0.05) is 5.56 Å². The molecule has 0 spiro atoms. The van der Waals surface area contributed by atoms with Crippen molar-refractivity contribution in [1.82, 2.24) is 19.9 Å². The summed E-state index contributed by atoms with van der Waals surface area (Å²) >= 11 is 6.19. The average molecular weight is 320 g/mol. The van der Waals surface area contributed by atoms with Gasteiger partial charge in [-0.25, -0.2) is 19.3 Å². The average Bonchev–Trinajstić information content (AvgIpc) is 2.82. The van der Waals surface area contributed by atoms with Gasteiger partial charge in [-0.1, -0.05) is 25.4 Å². The molecule has 5 nitrogen and oxygen atoms in total. The summed E-state index contributed by atoms with van der Waals surface area (Å²) in [4.78, 5) is 15.4. The van der Waals surface area contributed by atoms with E-state index in [0.29, 0.717) is 33.1 Å². The molecule has 3 N–H and O–H groups in total. The molecule has 7 heteroatoms. The molecule has 114 valence electrons. The Morgan fingerprint density at radius 2 is 2.05 bits per heavy atom. The number of aryl methyl sites for hydroxylation is 1. The number of nitrogen functional groups attached to an aromatic ring is 1. The van der Waals surface area contributed by atoms with E-state index in [0.717, 1.165) is 5.56 Å². The van der Waals surface area contributed by atoms with Crippen molar-refractivity contribution in [2.24, 2.45) is 0 Å². The second-order valence-electron chi connectivity index (χ2n) is 5.44. The monoisotopic (exact) mass is 319 g/mol. The van der Waals surface area contributed by atoms with Crippen molar-refractivity contribution in [1.29, 1.82) is 0 Å². The summed E-state index contributed by atoms with van der Waals surface area (Å²) < 4.78 is 14.4. The van der Waals surface area contributed by atoms with Gasteiger partial charge in [-0.3, -0.25) is 0 Å². The van der Waals surface area contributed by atoms with Gasteiger partial charge in [-0.2, -0.15) is 0 Å². The molecule has 0 radical (unpaired) electrons. The largest absolute Gasteiger partial charge is 0.368 e. The maximum Gasteiger partial charge on any atom is 0.220 e. The molecule has 22 heavy (non-hydrogen) atoms. The van der Waals surface area contributed by atoms with Crippen LogP contribution in [0.3, 0.4) is 0 Å². The van der Waals surface area contributed by atoms with Crippen molar-refractivity contribution in [2.75, 3.05) is 5.73 Å². The fourth-order valence-electron chi connectivity index (χ4n) is 2.63. The molecule has 3 aromatic rings. The molecule has 0 saturated heterocycles. The van der Waals surface area contributed by atoms with Gasteiger partial charge in [0.1, 0.15) is 11.3 Å². The van der Waals surface area contributed by atoms with Crippen LogP contribution in [0.25, 0.3) is 22.3 Å². The third kappa shape index (κ3) is 2.29. The van der Waals surface area contributed by atoms with Gasteiger partial charge in [0.05, 0.1) is 22.4 Å². The lowest BCUT2D eigenvalue weighted by Crippen LogP contribution is -2.01. The highest BCUT2D eigenvalue weighted by Crippen LogP contribution is 2.37. The lowest BCUT2D eigenvalue weighted by atomic mass is 9.93. The zero-order valence-corrected chi connectivity index (χ0v) is 13.2. The molecular formula is C15H15ClFN5. The number of nitrogens with zero attached hydrogens (tertiary/aromatic N) is 3. The first-order chi connectivity index (χ1) is 10.4. The number of hydrogen-bond acceptors (Lipinski definition) is 4. The second-order valence-corrected chi connectivity index (χ2v) is 5.85.